The first-order valence-electron chi connectivity index (χ1n) is 12.3. The first kappa shape index (κ1) is 21.9. The molecule has 0 radical (unpaired) electrons. The zero-order valence-electron chi connectivity index (χ0n) is 19.9. The molecular formula is C34H22BrNO. The highest BCUT2D eigenvalue weighted by Crippen LogP contribution is 2.39. The average Bonchev–Trinajstić information content (AvgIpc) is 3.32. The number of anilines is 3. The minimum Gasteiger partial charge on any atom is -0.456 e. The molecule has 0 aliphatic rings. The second kappa shape index (κ2) is 8.95. The summed E-state index contributed by atoms with van der Waals surface area (Å²) in [5.41, 5.74) is 7.44. The molecule has 1 aromatic heterocycles. The molecular weight excluding hydrogens is 518 g/mol. The summed E-state index contributed by atoms with van der Waals surface area (Å²) in [5.74, 6) is 0. The van der Waals surface area contributed by atoms with Crippen LogP contribution >= 0.6 is 15.9 Å². The number of hydrogen-bond donors (Lipinski definition) is 0. The van der Waals surface area contributed by atoms with Crippen LogP contribution in [0.25, 0.3) is 43.8 Å². The van der Waals surface area contributed by atoms with Crippen LogP contribution < -0.4 is 4.90 Å². The minimum absolute atomic E-state index is 0.883. The number of hydrogen-bond acceptors (Lipinski definition) is 2. The van der Waals surface area contributed by atoms with Crippen LogP contribution in [0.15, 0.2) is 142 Å². The average molecular weight is 540 g/mol. The largest absolute Gasteiger partial charge is 0.456 e. The van der Waals surface area contributed by atoms with E-state index >= 15 is 0 Å². The van der Waals surface area contributed by atoms with Crippen LogP contribution in [0.2, 0.25) is 0 Å². The summed E-state index contributed by atoms with van der Waals surface area (Å²) in [6.45, 7) is 0. The highest BCUT2D eigenvalue weighted by molar-refractivity contribution is 9.10. The van der Waals surface area contributed by atoms with E-state index in [0.29, 0.717) is 0 Å². The number of nitrogens with zero attached hydrogens (tertiary/aromatic N) is 1. The van der Waals surface area contributed by atoms with Crippen molar-refractivity contribution in [2.45, 2.75) is 0 Å². The molecule has 37 heavy (non-hydrogen) atoms. The Kier molecular flexibility index (Phi) is 5.30. The molecule has 0 fully saturated rings. The maximum absolute atomic E-state index is 6.22. The third-order valence-electron chi connectivity index (χ3n) is 6.93. The van der Waals surface area contributed by atoms with Crippen molar-refractivity contribution in [1.82, 2.24) is 0 Å². The summed E-state index contributed by atoms with van der Waals surface area (Å²) in [7, 11) is 0. The summed E-state index contributed by atoms with van der Waals surface area (Å²) in [5, 5.41) is 4.78. The fourth-order valence-electron chi connectivity index (χ4n) is 5.16. The van der Waals surface area contributed by atoms with Gasteiger partial charge in [-0.15, -0.1) is 0 Å². The molecule has 2 nitrogen and oxygen atoms in total. The van der Waals surface area contributed by atoms with Crippen LogP contribution in [0.1, 0.15) is 0 Å². The standard InChI is InChI=1S/C34H22BrNO/c35-25-14-18-27(19-15-25)36(28-20-21-32-31-9-3-4-11-33(31)37-34(32)22-28)26-16-12-24(13-17-26)30-10-5-7-23-6-1-2-8-29(23)30/h1-22H. The Bertz CT molecular complexity index is 1880. The molecule has 0 saturated carbocycles. The van der Waals surface area contributed by atoms with Crippen LogP contribution in [0.4, 0.5) is 17.1 Å². The topological polar surface area (TPSA) is 16.4 Å². The number of para-hydroxylation sites is 1. The van der Waals surface area contributed by atoms with Gasteiger partial charge in [0.15, 0.2) is 0 Å². The van der Waals surface area contributed by atoms with E-state index in [2.05, 4.69) is 142 Å². The number of rotatable bonds is 4. The van der Waals surface area contributed by atoms with Crippen LogP contribution in [-0.4, -0.2) is 0 Å². The van der Waals surface area contributed by atoms with Crippen molar-refractivity contribution in [3.63, 3.8) is 0 Å². The first-order chi connectivity index (χ1) is 18.2. The van der Waals surface area contributed by atoms with E-state index in [4.69, 9.17) is 4.42 Å². The maximum Gasteiger partial charge on any atom is 0.137 e. The van der Waals surface area contributed by atoms with Gasteiger partial charge >= 0.3 is 0 Å². The van der Waals surface area contributed by atoms with Gasteiger partial charge < -0.3 is 9.32 Å². The number of halogens is 1. The molecule has 0 spiro atoms. The van der Waals surface area contributed by atoms with Gasteiger partial charge in [0.25, 0.3) is 0 Å². The predicted molar refractivity (Wildman–Crippen MR) is 159 cm³/mol. The second-order valence-corrected chi connectivity index (χ2v) is 10.1. The van der Waals surface area contributed by atoms with Gasteiger partial charge in [0.1, 0.15) is 11.2 Å². The van der Waals surface area contributed by atoms with Crippen molar-refractivity contribution < 1.29 is 4.42 Å². The van der Waals surface area contributed by atoms with Crippen molar-refractivity contribution in [2.75, 3.05) is 4.90 Å². The van der Waals surface area contributed by atoms with Crippen LogP contribution in [0, 0.1) is 0 Å². The number of furan rings is 1. The summed E-state index contributed by atoms with van der Waals surface area (Å²) in [6.07, 6.45) is 0. The zero-order chi connectivity index (χ0) is 24.8. The van der Waals surface area contributed by atoms with E-state index in [1.807, 2.05) is 12.1 Å². The van der Waals surface area contributed by atoms with Gasteiger partial charge in [-0.1, -0.05) is 88.7 Å². The van der Waals surface area contributed by atoms with Crippen molar-refractivity contribution in [1.29, 1.82) is 0 Å². The number of benzene rings is 6. The Morgan fingerprint density at radius 2 is 1.11 bits per heavy atom. The van der Waals surface area contributed by atoms with E-state index in [9.17, 15) is 0 Å². The molecule has 0 aliphatic carbocycles. The van der Waals surface area contributed by atoms with Gasteiger partial charge in [-0.05, 0) is 76.5 Å². The molecule has 0 unspecified atom stereocenters. The Labute approximate surface area is 223 Å². The smallest absolute Gasteiger partial charge is 0.137 e. The molecule has 0 aliphatic heterocycles. The van der Waals surface area contributed by atoms with Gasteiger partial charge in [-0.25, -0.2) is 0 Å². The summed E-state index contributed by atoms with van der Waals surface area (Å²) in [4.78, 5) is 2.27. The molecule has 0 atom stereocenters. The molecule has 7 rings (SSSR count). The van der Waals surface area contributed by atoms with Gasteiger partial charge in [-0.2, -0.15) is 0 Å². The van der Waals surface area contributed by atoms with Gasteiger partial charge in [-0.3, -0.25) is 0 Å². The normalized spacial score (nSPS) is 11.4. The van der Waals surface area contributed by atoms with Crippen molar-refractivity contribution in [3.05, 3.63) is 138 Å². The molecule has 0 saturated heterocycles. The summed E-state index contributed by atoms with van der Waals surface area (Å²) in [6, 6.07) is 46.9. The fourth-order valence-corrected chi connectivity index (χ4v) is 5.42. The van der Waals surface area contributed by atoms with E-state index in [1.54, 1.807) is 0 Å². The predicted octanol–water partition coefficient (Wildman–Crippen LogP) is 10.6. The first-order valence-corrected chi connectivity index (χ1v) is 13.1. The van der Waals surface area contributed by atoms with Crippen molar-refractivity contribution >= 4 is 65.7 Å². The molecule has 0 bridgehead atoms. The van der Waals surface area contributed by atoms with Crippen LogP contribution in [0.3, 0.4) is 0 Å². The summed E-state index contributed by atoms with van der Waals surface area (Å²) >= 11 is 3.58. The van der Waals surface area contributed by atoms with Crippen LogP contribution in [0.5, 0.6) is 0 Å². The van der Waals surface area contributed by atoms with E-state index < -0.39 is 0 Å². The van der Waals surface area contributed by atoms with Crippen molar-refractivity contribution in [3.8, 4) is 11.1 Å². The molecule has 176 valence electrons. The molecule has 1 heterocycles. The Balaban J connectivity index is 1.35. The lowest BCUT2D eigenvalue weighted by Crippen LogP contribution is -2.09. The third-order valence-corrected chi connectivity index (χ3v) is 7.46. The molecule has 0 N–H and O–H groups in total. The minimum atomic E-state index is 0.883. The monoisotopic (exact) mass is 539 g/mol. The zero-order valence-corrected chi connectivity index (χ0v) is 21.5. The molecule has 7 aromatic rings. The van der Waals surface area contributed by atoms with Crippen LogP contribution in [-0.2, 0) is 0 Å². The Hall–Kier alpha value is -4.34. The van der Waals surface area contributed by atoms with Crippen molar-refractivity contribution in [2.24, 2.45) is 0 Å². The maximum atomic E-state index is 6.22. The second-order valence-electron chi connectivity index (χ2n) is 9.16. The Morgan fingerprint density at radius 1 is 0.486 bits per heavy atom. The van der Waals surface area contributed by atoms with Gasteiger partial charge in [0.05, 0.1) is 0 Å². The van der Waals surface area contributed by atoms with Gasteiger partial charge in [0, 0.05) is 38.4 Å². The van der Waals surface area contributed by atoms with Gasteiger partial charge in [0.2, 0.25) is 0 Å². The molecule has 6 aromatic carbocycles. The van der Waals surface area contributed by atoms with E-state index in [1.165, 1.54) is 21.9 Å². The quantitative estimate of drug-likeness (QED) is 0.221. The third kappa shape index (κ3) is 3.89. The van der Waals surface area contributed by atoms with E-state index in [0.717, 1.165) is 43.5 Å². The Morgan fingerprint density at radius 3 is 1.92 bits per heavy atom. The highest BCUT2D eigenvalue weighted by atomic mass is 79.9. The fraction of sp³-hybridized carbons (Fsp3) is 0. The highest BCUT2D eigenvalue weighted by Gasteiger charge is 2.16. The molecule has 0 amide bonds. The lowest BCUT2D eigenvalue weighted by Gasteiger charge is -2.25. The number of fused-ring (bicyclic) bond motifs is 4. The lowest BCUT2D eigenvalue weighted by molar-refractivity contribution is 0.669. The van der Waals surface area contributed by atoms with E-state index in [-0.39, 0.29) is 0 Å². The summed E-state index contributed by atoms with van der Waals surface area (Å²) < 4.78 is 7.27. The molecule has 3 heteroatoms. The SMILES string of the molecule is Brc1ccc(N(c2ccc(-c3cccc4ccccc34)cc2)c2ccc3c(c2)oc2ccccc23)cc1. The lowest BCUT2D eigenvalue weighted by atomic mass is 9.98.